The molecular weight excluding hydrogens is 314 g/mol. The molecule has 1 aromatic carbocycles. The van der Waals surface area contributed by atoms with E-state index in [9.17, 15) is 9.59 Å². The molecule has 0 aromatic heterocycles. The quantitative estimate of drug-likeness (QED) is 0.854. The lowest BCUT2D eigenvalue weighted by atomic mass is 9.94. The van der Waals surface area contributed by atoms with Gasteiger partial charge in [-0.3, -0.25) is 9.59 Å². The van der Waals surface area contributed by atoms with Crippen LogP contribution in [0.4, 0.5) is 0 Å². The van der Waals surface area contributed by atoms with Crippen LogP contribution in [0.1, 0.15) is 31.2 Å². The molecule has 0 radical (unpaired) electrons. The molecule has 128 valence electrons. The number of hydrogen-bond donors (Lipinski definition) is 2. The summed E-state index contributed by atoms with van der Waals surface area (Å²) in [6.07, 6.45) is 1.70. The zero-order valence-corrected chi connectivity index (χ0v) is 14.3. The Morgan fingerprint density at radius 1 is 1.35 bits per heavy atom. The van der Waals surface area contributed by atoms with Crippen LogP contribution in [0, 0.1) is 5.92 Å². The van der Waals surface area contributed by atoms with Gasteiger partial charge in [-0.1, -0.05) is 30.3 Å². The predicted molar refractivity (Wildman–Crippen MR) is 93.5 cm³/mol. The maximum atomic E-state index is 12.7. The second kappa shape index (κ2) is 9.53. The second-order valence-electron chi connectivity index (χ2n) is 5.84. The highest BCUT2D eigenvalue weighted by Crippen LogP contribution is 2.23. The van der Waals surface area contributed by atoms with Crippen LogP contribution in [-0.2, 0) is 9.59 Å². The Bertz CT molecular complexity index is 510. The van der Waals surface area contributed by atoms with E-state index < -0.39 is 0 Å². The van der Waals surface area contributed by atoms with Gasteiger partial charge in [-0.2, -0.15) is 0 Å². The van der Waals surface area contributed by atoms with E-state index in [1.165, 1.54) is 0 Å². The Balaban J connectivity index is 0.00000264. The zero-order valence-electron chi connectivity index (χ0n) is 13.5. The molecule has 23 heavy (non-hydrogen) atoms. The molecule has 2 amide bonds. The molecule has 0 spiro atoms. The number of rotatable bonds is 5. The van der Waals surface area contributed by atoms with E-state index in [2.05, 4.69) is 5.32 Å². The molecule has 0 bridgehead atoms. The van der Waals surface area contributed by atoms with E-state index in [1.54, 1.807) is 0 Å². The second-order valence-corrected chi connectivity index (χ2v) is 5.84. The molecule has 1 aliphatic rings. The Hall–Kier alpha value is -1.59. The van der Waals surface area contributed by atoms with E-state index in [0.717, 1.165) is 24.9 Å². The summed E-state index contributed by atoms with van der Waals surface area (Å²) in [5.41, 5.74) is 6.42. The zero-order chi connectivity index (χ0) is 15.9. The molecule has 5 nitrogen and oxygen atoms in total. The molecule has 0 aliphatic carbocycles. The summed E-state index contributed by atoms with van der Waals surface area (Å²) in [6, 6.07) is 9.77. The van der Waals surface area contributed by atoms with Crippen LogP contribution in [-0.4, -0.2) is 42.9 Å². The van der Waals surface area contributed by atoms with E-state index in [4.69, 9.17) is 5.73 Å². The van der Waals surface area contributed by atoms with Crippen LogP contribution in [0.2, 0.25) is 0 Å². The third kappa shape index (κ3) is 5.22. The van der Waals surface area contributed by atoms with Crippen molar-refractivity contribution in [2.75, 3.05) is 26.2 Å². The fraction of sp³-hybridized carbons (Fsp3) is 0.529. The number of hydrogen-bond acceptors (Lipinski definition) is 3. The molecule has 1 heterocycles. The molecule has 0 saturated carbocycles. The lowest BCUT2D eigenvalue weighted by Crippen LogP contribution is -2.47. The molecule has 2 rings (SSSR count). The van der Waals surface area contributed by atoms with Crippen molar-refractivity contribution >= 4 is 24.2 Å². The predicted octanol–water partition coefficient (Wildman–Crippen LogP) is 1.53. The fourth-order valence-corrected chi connectivity index (χ4v) is 2.89. The third-order valence-electron chi connectivity index (χ3n) is 4.22. The maximum absolute atomic E-state index is 12.7. The van der Waals surface area contributed by atoms with Gasteiger partial charge in [-0.15, -0.1) is 12.4 Å². The number of nitrogens with zero attached hydrogens (tertiary/aromatic N) is 1. The van der Waals surface area contributed by atoms with Crippen LogP contribution in [0.5, 0.6) is 0 Å². The van der Waals surface area contributed by atoms with Crippen molar-refractivity contribution in [3.05, 3.63) is 35.9 Å². The van der Waals surface area contributed by atoms with Gasteiger partial charge in [0.25, 0.3) is 0 Å². The molecular formula is C17H26ClN3O2. The normalized spacial score (nSPS) is 18.7. The summed E-state index contributed by atoms with van der Waals surface area (Å²) in [6.45, 7) is 4.09. The topological polar surface area (TPSA) is 75.4 Å². The summed E-state index contributed by atoms with van der Waals surface area (Å²) in [5, 5.41) is 2.82. The molecule has 2 atom stereocenters. The highest BCUT2D eigenvalue weighted by molar-refractivity contribution is 5.85. The highest BCUT2D eigenvalue weighted by atomic mass is 35.5. The molecule has 1 saturated heterocycles. The monoisotopic (exact) mass is 339 g/mol. The minimum absolute atomic E-state index is 0. The van der Waals surface area contributed by atoms with Crippen LogP contribution in [0.25, 0.3) is 0 Å². The van der Waals surface area contributed by atoms with Crippen molar-refractivity contribution in [2.24, 2.45) is 11.7 Å². The third-order valence-corrected chi connectivity index (χ3v) is 4.22. The molecule has 1 fully saturated rings. The lowest BCUT2D eigenvalue weighted by Gasteiger charge is -2.33. The number of halogens is 1. The first-order valence-corrected chi connectivity index (χ1v) is 7.95. The van der Waals surface area contributed by atoms with Crippen molar-refractivity contribution in [1.29, 1.82) is 0 Å². The number of nitrogens with two attached hydrogens (primary N) is 1. The SMILES string of the molecule is CC(C(=O)N1CCCC(C(=O)NCCN)C1)c1ccccc1.Cl. The lowest BCUT2D eigenvalue weighted by molar-refractivity contribution is -0.136. The Kier molecular flexibility index (Phi) is 8.06. The van der Waals surface area contributed by atoms with Crippen molar-refractivity contribution in [1.82, 2.24) is 10.2 Å². The number of likely N-dealkylation sites (tertiary alicyclic amines) is 1. The van der Waals surface area contributed by atoms with Gasteiger partial charge in [0.1, 0.15) is 0 Å². The highest BCUT2D eigenvalue weighted by Gasteiger charge is 2.30. The summed E-state index contributed by atoms with van der Waals surface area (Å²) < 4.78 is 0. The first kappa shape index (κ1) is 19.5. The molecule has 1 aliphatic heterocycles. The Labute approximate surface area is 144 Å². The van der Waals surface area contributed by atoms with Crippen LogP contribution in [0.3, 0.4) is 0 Å². The summed E-state index contributed by atoms with van der Waals surface area (Å²) in [7, 11) is 0. The van der Waals surface area contributed by atoms with E-state index in [-0.39, 0.29) is 36.1 Å². The number of amides is 2. The first-order chi connectivity index (χ1) is 10.6. The average molecular weight is 340 g/mol. The van der Waals surface area contributed by atoms with Gasteiger partial charge in [0, 0.05) is 26.2 Å². The molecule has 1 aromatic rings. The van der Waals surface area contributed by atoms with E-state index in [0.29, 0.717) is 19.6 Å². The van der Waals surface area contributed by atoms with E-state index in [1.807, 2.05) is 42.2 Å². The van der Waals surface area contributed by atoms with Gasteiger partial charge >= 0.3 is 0 Å². The van der Waals surface area contributed by atoms with Crippen LogP contribution >= 0.6 is 12.4 Å². The summed E-state index contributed by atoms with van der Waals surface area (Å²) in [5.74, 6) is -0.183. The number of benzene rings is 1. The maximum Gasteiger partial charge on any atom is 0.229 e. The van der Waals surface area contributed by atoms with Gasteiger partial charge in [0.05, 0.1) is 11.8 Å². The van der Waals surface area contributed by atoms with Crippen LogP contribution in [0.15, 0.2) is 30.3 Å². The number of piperidine rings is 1. The Morgan fingerprint density at radius 3 is 2.70 bits per heavy atom. The van der Waals surface area contributed by atoms with Crippen molar-refractivity contribution in [3.8, 4) is 0 Å². The van der Waals surface area contributed by atoms with Crippen molar-refractivity contribution < 1.29 is 9.59 Å². The smallest absolute Gasteiger partial charge is 0.229 e. The van der Waals surface area contributed by atoms with Gasteiger partial charge < -0.3 is 16.0 Å². The average Bonchev–Trinajstić information content (AvgIpc) is 2.59. The molecule has 3 N–H and O–H groups in total. The number of carbonyl (C=O) groups excluding carboxylic acids is 2. The number of nitrogens with one attached hydrogen (secondary N) is 1. The molecule has 2 unspecified atom stereocenters. The van der Waals surface area contributed by atoms with Gasteiger partial charge in [-0.25, -0.2) is 0 Å². The largest absolute Gasteiger partial charge is 0.355 e. The first-order valence-electron chi connectivity index (χ1n) is 7.95. The van der Waals surface area contributed by atoms with Crippen molar-refractivity contribution in [2.45, 2.75) is 25.7 Å². The fourth-order valence-electron chi connectivity index (χ4n) is 2.89. The van der Waals surface area contributed by atoms with Crippen molar-refractivity contribution in [3.63, 3.8) is 0 Å². The Morgan fingerprint density at radius 2 is 2.04 bits per heavy atom. The summed E-state index contributed by atoms with van der Waals surface area (Å²) in [4.78, 5) is 26.5. The van der Waals surface area contributed by atoms with Gasteiger partial charge in [0.15, 0.2) is 0 Å². The number of carbonyl (C=O) groups is 2. The van der Waals surface area contributed by atoms with Gasteiger partial charge in [-0.05, 0) is 25.3 Å². The minimum atomic E-state index is -0.174. The standard InChI is InChI=1S/C17H25N3O2.ClH/c1-13(14-6-3-2-4-7-14)17(22)20-11-5-8-15(12-20)16(21)19-10-9-18;/h2-4,6-7,13,15H,5,8-12,18H2,1H3,(H,19,21);1H. The van der Waals surface area contributed by atoms with E-state index >= 15 is 0 Å². The molecule has 6 heteroatoms. The minimum Gasteiger partial charge on any atom is -0.355 e. The van der Waals surface area contributed by atoms with Gasteiger partial charge in [0.2, 0.25) is 11.8 Å². The van der Waals surface area contributed by atoms with Crippen LogP contribution < -0.4 is 11.1 Å². The summed E-state index contributed by atoms with van der Waals surface area (Å²) >= 11 is 0.